The molecule has 1 rings (SSSR count). The van der Waals surface area contributed by atoms with Crippen molar-refractivity contribution in [3.8, 4) is 0 Å². The Morgan fingerprint density at radius 3 is 2.71 bits per heavy atom. The number of rotatable bonds is 9. The van der Waals surface area contributed by atoms with Gasteiger partial charge in [-0.15, -0.1) is 0 Å². The molecular formula is C16H22FNO3. The molecule has 0 aliphatic carbocycles. The third kappa shape index (κ3) is 6.51. The standard InChI is InChI=1S/C16H22FNO3/c1-2-3-8-18(9-10-19)12-14-6-4-13(11-15(14)17)5-7-16(20)21/h4-7,11,19H,2-3,8-10,12H2,1H3,(H,20,21). The second kappa shape index (κ2) is 9.26. The highest BCUT2D eigenvalue weighted by atomic mass is 19.1. The van der Waals surface area contributed by atoms with Crippen LogP contribution in [0.4, 0.5) is 4.39 Å². The van der Waals surface area contributed by atoms with Gasteiger partial charge < -0.3 is 10.2 Å². The van der Waals surface area contributed by atoms with Crippen molar-refractivity contribution in [3.05, 3.63) is 41.2 Å². The molecule has 0 amide bonds. The van der Waals surface area contributed by atoms with Gasteiger partial charge in [-0.3, -0.25) is 4.90 Å². The number of nitrogens with zero attached hydrogens (tertiary/aromatic N) is 1. The zero-order valence-corrected chi connectivity index (χ0v) is 12.3. The lowest BCUT2D eigenvalue weighted by Gasteiger charge is -2.21. The summed E-state index contributed by atoms with van der Waals surface area (Å²) in [5.74, 6) is -1.42. The Kier molecular flexibility index (Phi) is 7.64. The van der Waals surface area contributed by atoms with Crippen molar-refractivity contribution in [2.24, 2.45) is 0 Å². The molecule has 21 heavy (non-hydrogen) atoms. The van der Waals surface area contributed by atoms with E-state index in [1.54, 1.807) is 12.1 Å². The van der Waals surface area contributed by atoms with Crippen LogP contribution >= 0.6 is 0 Å². The van der Waals surface area contributed by atoms with Gasteiger partial charge in [0, 0.05) is 24.7 Å². The highest BCUT2D eigenvalue weighted by molar-refractivity contribution is 5.85. The molecule has 0 unspecified atom stereocenters. The van der Waals surface area contributed by atoms with Gasteiger partial charge in [0.1, 0.15) is 5.82 Å². The van der Waals surface area contributed by atoms with E-state index in [9.17, 15) is 9.18 Å². The minimum Gasteiger partial charge on any atom is -0.478 e. The van der Waals surface area contributed by atoms with Crippen LogP contribution in [0.25, 0.3) is 6.08 Å². The number of hydrogen-bond acceptors (Lipinski definition) is 3. The number of halogens is 1. The predicted octanol–water partition coefficient (Wildman–Crippen LogP) is 2.52. The molecule has 116 valence electrons. The van der Waals surface area contributed by atoms with Crippen molar-refractivity contribution in [1.82, 2.24) is 4.90 Å². The Labute approximate surface area is 124 Å². The molecule has 0 radical (unpaired) electrons. The third-order valence-electron chi connectivity index (χ3n) is 3.13. The molecule has 0 aliphatic heterocycles. The van der Waals surface area contributed by atoms with Crippen LogP contribution in [-0.2, 0) is 11.3 Å². The lowest BCUT2D eigenvalue weighted by molar-refractivity contribution is -0.131. The van der Waals surface area contributed by atoms with Crippen molar-refractivity contribution in [2.45, 2.75) is 26.3 Å². The molecule has 0 spiro atoms. The van der Waals surface area contributed by atoms with E-state index >= 15 is 0 Å². The van der Waals surface area contributed by atoms with Gasteiger partial charge >= 0.3 is 5.97 Å². The molecule has 0 saturated carbocycles. The smallest absolute Gasteiger partial charge is 0.328 e. The van der Waals surface area contributed by atoms with E-state index in [1.165, 1.54) is 12.1 Å². The van der Waals surface area contributed by atoms with E-state index in [0.29, 0.717) is 24.2 Å². The number of benzene rings is 1. The number of aliphatic hydroxyl groups excluding tert-OH is 1. The van der Waals surface area contributed by atoms with Crippen LogP contribution in [0.2, 0.25) is 0 Å². The van der Waals surface area contributed by atoms with Crippen molar-refractivity contribution in [3.63, 3.8) is 0 Å². The van der Waals surface area contributed by atoms with Crippen molar-refractivity contribution < 1.29 is 19.4 Å². The summed E-state index contributed by atoms with van der Waals surface area (Å²) in [4.78, 5) is 12.4. The molecular weight excluding hydrogens is 273 g/mol. The fourth-order valence-electron chi connectivity index (χ4n) is 2.00. The number of hydrogen-bond donors (Lipinski definition) is 2. The average Bonchev–Trinajstić information content (AvgIpc) is 2.45. The Bertz CT molecular complexity index is 488. The zero-order chi connectivity index (χ0) is 15.7. The summed E-state index contributed by atoms with van der Waals surface area (Å²) >= 11 is 0. The van der Waals surface area contributed by atoms with E-state index < -0.39 is 5.97 Å². The van der Waals surface area contributed by atoms with Crippen LogP contribution in [0.15, 0.2) is 24.3 Å². The van der Waals surface area contributed by atoms with Crippen LogP contribution < -0.4 is 0 Å². The second-order valence-electron chi connectivity index (χ2n) is 4.88. The Morgan fingerprint density at radius 2 is 2.14 bits per heavy atom. The summed E-state index contributed by atoms with van der Waals surface area (Å²) in [6.45, 7) is 3.90. The summed E-state index contributed by atoms with van der Waals surface area (Å²) in [5, 5.41) is 17.6. The molecule has 0 bridgehead atoms. The SMILES string of the molecule is CCCCN(CCO)Cc1ccc(C=CC(=O)O)cc1F. The number of aliphatic hydroxyl groups is 1. The molecule has 1 aromatic carbocycles. The first-order valence-corrected chi connectivity index (χ1v) is 7.09. The number of carboxylic acid groups (broad SMARTS) is 1. The first-order chi connectivity index (χ1) is 10.1. The third-order valence-corrected chi connectivity index (χ3v) is 3.13. The Hall–Kier alpha value is -1.72. The molecule has 0 saturated heterocycles. The van der Waals surface area contributed by atoms with E-state index in [1.807, 2.05) is 4.90 Å². The van der Waals surface area contributed by atoms with Gasteiger partial charge in [-0.2, -0.15) is 0 Å². The van der Waals surface area contributed by atoms with E-state index in [2.05, 4.69) is 6.92 Å². The maximum atomic E-state index is 14.0. The monoisotopic (exact) mass is 295 g/mol. The molecule has 1 aromatic rings. The largest absolute Gasteiger partial charge is 0.478 e. The molecule has 0 heterocycles. The highest BCUT2D eigenvalue weighted by Gasteiger charge is 2.09. The normalized spacial score (nSPS) is 11.4. The van der Waals surface area contributed by atoms with Gasteiger partial charge in [-0.1, -0.05) is 25.5 Å². The number of carboxylic acids is 1. The lowest BCUT2D eigenvalue weighted by Crippen LogP contribution is -2.28. The molecule has 0 aliphatic rings. The van der Waals surface area contributed by atoms with Crippen LogP contribution in [0.3, 0.4) is 0 Å². The zero-order valence-electron chi connectivity index (χ0n) is 12.3. The number of unbranched alkanes of at least 4 members (excludes halogenated alkanes) is 1. The maximum Gasteiger partial charge on any atom is 0.328 e. The van der Waals surface area contributed by atoms with Crippen molar-refractivity contribution in [2.75, 3.05) is 19.7 Å². The van der Waals surface area contributed by atoms with E-state index in [0.717, 1.165) is 25.5 Å². The maximum absolute atomic E-state index is 14.0. The predicted molar refractivity (Wildman–Crippen MR) is 80.3 cm³/mol. The average molecular weight is 295 g/mol. The van der Waals surface area contributed by atoms with Gasteiger partial charge in [0.25, 0.3) is 0 Å². The van der Waals surface area contributed by atoms with Gasteiger partial charge in [0.05, 0.1) is 6.61 Å². The van der Waals surface area contributed by atoms with Crippen LogP contribution in [0, 0.1) is 5.82 Å². The fraction of sp³-hybridized carbons (Fsp3) is 0.438. The van der Waals surface area contributed by atoms with Crippen LogP contribution in [0.1, 0.15) is 30.9 Å². The minimum atomic E-state index is -1.06. The highest BCUT2D eigenvalue weighted by Crippen LogP contribution is 2.14. The molecule has 5 heteroatoms. The summed E-state index contributed by atoms with van der Waals surface area (Å²) in [6, 6.07) is 4.67. The topological polar surface area (TPSA) is 60.8 Å². The molecule has 0 atom stereocenters. The molecule has 0 aromatic heterocycles. The fourth-order valence-corrected chi connectivity index (χ4v) is 2.00. The summed E-state index contributed by atoms with van der Waals surface area (Å²) in [7, 11) is 0. The van der Waals surface area contributed by atoms with Crippen LogP contribution in [-0.4, -0.2) is 40.8 Å². The number of carbonyl (C=O) groups is 1. The van der Waals surface area contributed by atoms with Gasteiger partial charge in [-0.25, -0.2) is 9.18 Å². The summed E-state index contributed by atoms with van der Waals surface area (Å²) in [6.07, 6.45) is 4.38. The molecule has 0 fully saturated rings. The van der Waals surface area contributed by atoms with E-state index in [-0.39, 0.29) is 12.4 Å². The minimum absolute atomic E-state index is 0.0464. The first kappa shape index (κ1) is 17.3. The van der Waals surface area contributed by atoms with Crippen molar-refractivity contribution in [1.29, 1.82) is 0 Å². The molecule has 4 nitrogen and oxygen atoms in total. The van der Waals surface area contributed by atoms with E-state index in [4.69, 9.17) is 10.2 Å². The van der Waals surface area contributed by atoms with Crippen LogP contribution in [0.5, 0.6) is 0 Å². The quantitative estimate of drug-likeness (QED) is 0.687. The van der Waals surface area contributed by atoms with Crippen molar-refractivity contribution >= 4 is 12.0 Å². The molecule has 2 N–H and O–H groups in total. The Morgan fingerprint density at radius 1 is 1.38 bits per heavy atom. The van der Waals surface area contributed by atoms with Gasteiger partial charge in [0.15, 0.2) is 0 Å². The first-order valence-electron chi connectivity index (χ1n) is 7.09. The van der Waals surface area contributed by atoms with Gasteiger partial charge in [0.2, 0.25) is 0 Å². The second-order valence-corrected chi connectivity index (χ2v) is 4.88. The van der Waals surface area contributed by atoms with Gasteiger partial charge in [-0.05, 0) is 30.7 Å². The summed E-state index contributed by atoms with van der Waals surface area (Å²) in [5.41, 5.74) is 1.06. The summed E-state index contributed by atoms with van der Waals surface area (Å²) < 4.78 is 14.0. The number of aliphatic carboxylic acids is 1. The Balaban J connectivity index is 2.75. The lowest BCUT2D eigenvalue weighted by atomic mass is 10.1.